The van der Waals surface area contributed by atoms with Crippen LogP contribution in [0.25, 0.3) is 0 Å². The zero-order valence-electron chi connectivity index (χ0n) is 13.2. The smallest absolute Gasteiger partial charge is 0.246 e. The largest absolute Gasteiger partial charge is 0.345 e. The molecule has 0 spiro atoms. The van der Waals surface area contributed by atoms with Gasteiger partial charge in [-0.1, -0.05) is 23.4 Å². The van der Waals surface area contributed by atoms with Crippen LogP contribution in [-0.4, -0.2) is 41.3 Å². The fraction of sp³-hybridized carbons (Fsp3) is 0.400. The number of amides is 1. The van der Waals surface area contributed by atoms with Crippen LogP contribution in [-0.2, 0) is 17.1 Å². The normalized spacial score (nSPS) is 12.4. The maximum absolute atomic E-state index is 14.0. The summed E-state index contributed by atoms with van der Waals surface area (Å²) in [4.78, 5) is 18.2. The molecule has 1 aromatic carbocycles. The van der Waals surface area contributed by atoms with Crippen LogP contribution in [0.3, 0.4) is 0 Å². The van der Waals surface area contributed by atoms with E-state index in [1.54, 1.807) is 49.0 Å². The van der Waals surface area contributed by atoms with E-state index in [1.807, 2.05) is 6.26 Å². The number of likely N-dealkylation sites (N-methyl/N-ethyl adjacent to an activating group) is 1. The molecule has 0 saturated carbocycles. The van der Waals surface area contributed by atoms with Gasteiger partial charge in [0.25, 0.3) is 0 Å². The van der Waals surface area contributed by atoms with Crippen LogP contribution in [0, 0.1) is 5.82 Å². The molecule has 0 bridgehead atoms. The molecule has 0 radical (unpaired) electrons. The standard InChI is InChI=1S/C15H19FN4O2S/c1-20(2)14(10-6-4-5-7-11(10)16)15(21)17-8-13-18-12(9-23-3)19-22-13/h4-7,14H,8-9H2,1-3H3,(H,17,21). The average molecular weight is 338 g/mol. The van der Waals surface area contributed by atoms with E-state index < -0.39 is 11.9 Å². The van der Waals surface area contributed by atoms with Crippen LogP contribution in [0.15, 0.2) is 28.8 Å². The molecule has 2 aromatic rings. The number of carbonyl (C=O) groups excluding carboxylic acids is 1. The highest BCUT2D eigenvalue weighted by Gasteiger charge is 2.25. The quantitative estimate of drug-likeness (QED) is 0.832. The number of halogens is 1. The Hall–Kier alpha value is -1.93. The highest BCUT2D eigenvalue weighted by atomic mass is 32.2. The Morgan fingerprint density at radius 2 is 2.17 bits per heavy atom. The van der Waals surface area contributed by atoms with E-state index in [2.05, 4.69) is 15.5 Å². The average Bonchev–Trinajstić information content (AvgIpc) is 2.95. The minimum atomic E-state index is -0.732. The van der Waals surface area contributed by atoms with E-state index >= 15 is 0 Å². The van der Waals surface area contributed by atoms with Crippen LogP contribution in [0.5, 0.6) is 0 Å². The number of nitrogens with zero attached hydrogens (tertiary/aromatic N) is 3. The van der Waals surface area contributed by atoms with E-state index in [0.29, 0.717) is 23.0 Å². The summed E-state index contributed by atoms with van der Waals surface area (Å²) in [6.07, 6.45) is 1.94. The van der Waals surface area contributed by atoms with Crippen molar-refractivity contribution in [2.45, 2.75) is 18.3 Å². The number of thioether (sulfide) groups is 1. The molecule has 1 amide bonds. The molecule has 0 fully saturated rings. The summed E-state index contributed by atoms with van der Waals surface area (Å²) in [5, 5.41) is 6.52. The van der Waals surface area contributed by atoms with Crippen molar-refractivity contribution in [3.8, 4) is 0 Å². The molecule has 1 N–H and O–H groups in total. The molecule has 0 aliphatic heterocycles. The molecule has 124 valence electrons. The van der Waals surface area contributed by atoms with E-state index in [1.165, 1.54) is 6.07 Å². The van der Waals surface area contributed by atoms with Crippen molar-refractivity contribution in [3.63, 3.8) is 0 Å². The molecule has 2 rings (SSSR count). The van der Waals surface area contributed by atoms with Gasteiger partial charge in [-0.05, 0) is 26.4 Å². The van der Waals surface area contributed by atoms with Gasteiger partial charge >= 0.3 is 0 Å². The number of nitrogens with one attached hydrogen (secondary N) is 1. The Bertz CT molecular complexity index is 662. The highest BCUT2D eigenvalue weighted by Crippen LogP contribution is 2.21. The summed E-state index contributed by atoms with van der Waals surface area (Å²) in [5.41, 5.74) is 0.323. The SMILES string of the molecule is CSCc1noc(CNC(=O)C(c2ccccc2F)N(C)C)n1. The lowest BCUT2D eigenvalue weighted by molar-refractivity contribution is -0.126. The third-order valence-electron chi connectivity index (χ3n) is 3.16. The van der Waals surface area contributed by atoms with Crippen molar-refractivity contribution < 1.29 is 13.7 Å². The molecular formula is C15H19FN4O2S. The number of hydrogen-bond donors (Lipinski definition) is 1. The van der Waals surface area contributed by atoms with E-state index in [4.69, 9.17) is 4.52 Å². The Balaban J connectivity index is 2.05. The Morgan fingerprint density at radius 3 is 2.83 bits per heavy atom. The molecule has 0 aliphatic carbocycles. The van der Waals surface area contributed by atoms with Crippen molar-refractivity contribution in [2.75, 3.05) is 20.4 Å². The van der Waals surface area contributed by atoms with Crippen LogP contribution in [0.4, 0.5) is 4.39 Å². The van der Waals surface area contributed by atoms with Gasteiger partial charge < -0.3 is 9.84 Å². The predicted octanol–water partition coefficient (Wildman–Crippen LogP) is 1.99. The molecule has 1 heterocycles. The molecule has 1 unspecified atom stereocenters. The van der Waals surface area contributed by atoms with E-state index in [-0.39, 0.29) is 12.5 Å². The minimum absolute atomic E-state index is 0.110. The van der Waals surface area contributed by atoms with Gasteiger partial charge in [0.1, 0.15) is 11.9 Å². The van der Waals surface area contributed by atoms with Crippen LogP contribution < -0.4 is 5.32 Å². The first kappa shape index (κ1) is 17.4. The number of carbonyl (C=O) groups is 1. The molecule has 0 aliphatic rings. The summed E-state index contributed by atoms with van der Waals surface area (Å²) in [6.45, 7) is 0.110. The lowest BCUT2D eigenvalue weighted by Gasteiger charge is -2.23. The topological polar surface area (TPSA) is 71.3 Å². The van der Waals surface area contributed by atoms with Gasteiger partial charge in [-0.15, -0.1) is 0 Å². The van der Waals surface area contributed by atoms with Crippen molar-refractivity contribution >= 4 is 17.7 Å². The summed E-state index contributed by atoms with van der Waals surface area (Å²) < 4.78 is 19.0. The molecule has 1 aromatic heterocycles. The van der Waals surface area contributed by atoms with E-state index in [9.17, 15) is 9.18 Å². The van der Waals surface area contributed by atoms with Crippen molar-refractivity contribution in [1.29, 1.82) is 0 Å². The van der Waals surface area contributed by atoms with Gasteiger partial charge in [-0.2, -0.15) is 16.7 Å². The second kappa shape index (κ2) is 8.07. The first-order valence-corrected chi connectivity index (χ1v) is 8.41. The van der Waals surface area contributed by atoms with Crippen molar-refractivity contribution in [2.24, 2.45) is 0 Å². The third-order valence-corrected chi connectivity index (χ3v) is 3.71. The monoisotopic (exact) mass is 338 g/mol. The Labute approximate surface area is 138 Å². The maximum Gasteiger partial charge on any atom is 0.246 e. The molecular weight excluding hydrogens is 319 g/mol. The van der Waals surface area contributed by atoms with Crippen LogP contribution >= 0.6 is 11.8 Å². The van der Waals surface area contributed by atoms with Gasteiger partial charge in [0.2, 0.25) is 11.8 Å². The zero-order chi connectivity index (χ0) is 16.8. The highest BCUT2D eigenvalue weighted by molar-refractivity contribution is 7.97. The molecule has 0 saturated heterocycles. The molecule has 6 nitrogen and oxygen atoms in total. The second-order valence-electron chi connectivity index (χ2n) is 5.14. The lowest BCUT2D eigenvalue weighted by Crippen LogP contribution is -2.37. The van der Waals surface area contributed by atoms with Gasteiger partial charge in [0.05, 0.1) is 12.3 Å². The summed E-state index contributed by atoms with van der Waals surface area (Å²) >= 11 is 1.58. The first-order valence-electron chi connectivity index (χ1n) is 7.02. The van der Waals surface area contributed by atoms with Crippen LogP contribution in [0.1, 0.15) is 23.3 Å². The number of aromatic nitrogens is 2. The zero-order valence-corrected chi connectivity index (χ0v) is 14.1. The molecule has 23 heavy (non-hydrogen) atoms. The second-order valence-corrected chi connectivity index (χ2v) is 6.01. The van der Waals surface area contributed by atoms with Gasteiger partial charge in [0.15, 0.2) is 5.82 Å². The molecule has 1 atom stereocenters. The fourth-order valence-electron chi connectivity index (χ4n) is 2.16. The number of rotatable bonds is 7. The van der Waals surface area contributed by atoms with Crippen molar-refractivity contribution in [1.82, 2.24) is 20.4 Å². The van der Waals surface area contributed by atoms with Gasteiger partial charge in [-0.3, -0.25) is 9.69 Å². The first-order chi connectivity index (χ1) is 11.0. The summed E-state index contributed by atoms with van der Waals surface area (Å²) in [6, 6.07) is 5.50. The minimum Gasteiger partial charge on any atom is -0.345 e. The Morgan fingerprint density at radius 1 is 1.43 bits per heavy atom. The number of benzene rings is 1. The van der Waals surface area contributed by atoms with Crippen LogP contribution in [0.2, 0.25) is 0 Å². The van der Waals surface area contributed by atoms with Gasteiger partial charge in [-0.25, -0.2) is 4.39 Å². The maximum atomic E-state index is 14.0. The summed E-state index contributed by atoms with van der Waals surface area (Å²) in [7, 11) is 3.44. The fourth-order valence-corrected chi connectivity index (χ4v) is 2.54. The summed E-state index contributed by atoms with van der Waals surface area (Å²) in [5.74, 6) is 0.812. The van der Waals surface area contributed by atoms with E-state index in [0.717, 1.165) is 0 Å². The van der Waals surface area contributed by atoms with Crippen molar-refractivity contribution in [3.05, 3.63) is 47.4 Å². The lowest BCUT2D eigenvalue weighted by atomic mass is 10.0. The van der Waals surface area contributed by atoms with Gasteiger partial charge in [0, 0.05) is 5.56 Å². The third kappa shape index (κ3) is 4.52. The number of hydrogen-bond acceptors (Lipinski definition) is 6. The molecule has 8 heteroatoms. The Kier molecular flexibility index (Phi) is 6.12. The predicted molar refractivity (Wildman–Crippen MR) is 86.2 cm³/mol.